The molecule has 1 aromatic rings. The summed E-state index contributed by atoms with van der Waals surface area (Å²) in [4.78, 5) is 6.11. The molecule has 0 bridgehead atoms. The SMILES string of the molecule is CN=C(NCCCOC)NC1CCN(c2ccc(F)cc2F)C1.I. The molecule has 0 amide bonds. The van der Waals surface area contributed by atoms with Crippen LogP contribution in [0, 0.1) is 11.6 Å². The van der Waals surface area contributed by atoms with Crippen molar-refractivity contribution in [2.75, 3.05) is 45.3 Å². The quantitative estimate of drug-likeness (QED) is 0.300. The van der Waals surface area contributed by atoms with Gasteiger partial charge in [0.15, 0.2) is 5.96 Å². The van der Waals surface area contributed by atoms with Crippen LogP contribution in [0.5, 0.6) is 0 Å². The molecule has 5 nitrogen and oxygen atoms in total. The molecule has 2 N–H and O–H groups in total. The second-order valence-electron chi connectivity index (χ2n) is 5.52. The lowest BCUT2D eigenvalue weighted by molar-refractivity contribution is 0.195. The van der Waals surface area contributed by atoms with E-state index in [9.17, 15) is 8.78 Å². The largest absolute Gasteiger partial charge is 0.385 e. The minimum atomic E-state index is -0.555. The van der Waals surface area contributed by atoms with E-state index in [1.807, 2.05) is 4.90 Å². The number of hydrogen-bond donors (Lipinski definition) is 2. The first-order valence-corrected chi connectivity index (χ1v) is 7.80. The molecule has 0 aliphatic carbocycles. The molecule has 0 aromatic heterocycles. The zero-order valence-electron chi connectivity index (χ0n) is 14.0. The monoisotopic (exact) mass is 454 g/mol. The second kappa shape index (κ2) is 10.7. The van der Waals surface area contributed by atoms with Gasteiger partial charge in [-0.3, -0.25) is 4.99 Å². The van der Waals surface area contributed by atoms with E-state index in [1.54, 1.807) is 14.2 Å². The summed E-state index contributed by atoms with van der Waals surface area (Å²) in [5.41, 5.74) is 0.443. The van der Waals surface area contributed by atoms with Crippen LogP contribution in [0.4, 0.5) is 14.5 Å². The Bertz CT molecular complexity index is 545. The smallest absolute Gasteiger partial charge is 0.191 e. The highest BCUT2D eigenvalue weighted by Crippen LogP contribution is 2.24. The van der Waals surface area contributed by atoms with Crippen molar-refractivity contribution in [2.24, 2.45) is 4.99 Å². The molecule has 0 radical (unpaired) electrons. The maximum atomic E-state index is 13.8. The number of benzene rings is 1. The van der Waals surface area contributed by atoms with Gasteiger partial charge in [0, 0.05) is 52.5 Å². The number of hydrogen-bond acceptors (Lipinski definition) is 3. The fourth-order valence-electron chi connectivity index (χ4n) is 2.65. The van der Waals surface area contributed by atoms with Crippen molar-refractivity contribution in [3.63, 3.8) is 0 Å². The molecule has 1 atom stereocenters. The third-order valence-corrected chi connectivity index (χ3v) is 3.82. The molecule has 1 aliphatic rings. The second-order valence-corrected chi connectivity index (χ2v) is 5.52. The molecule has 24 heavy (non-hydrogen) atoms. The number of anilines is 1. The number of guanidine groups is 1. The Morgan fingerprint density at radius 1 is 1.42 bits per heavy atom. The van der Waals surface area contributed by atoms with E-state index in [0.717, 1.165) is 38.0 Å². The predicted molar refractivity (Wildman–Crippen MR) is 103 cm³/mol. The van der Waals surface area contributed by atoms with Crippen molar-refractivity contribution in [1.29, 1.82) is 0 Å². The van der Waals surface area contributed by atoms with Crippen LogP contribution in [-0.4, -0.2) is 52.4 Å². The Kier molecular flexibility index (Phi) is 9.27. The van der Waals surface area contributed by atoms with E-state index in [1.165, 1.54) is 12.1 Å². The van der Waals surface area contributed by atoms with Gasteiger partial charge in [0.2, 0.25) is 0 Å². The summed E-state index contributed by atoms with van der Waals surface area (Å²) < 4.78 is 31.8. The van der Waals surface area contributed by atoms with Crippen molar-refractivity contribution >= 4 is 35.6 Å². The average Bonchev–Trinajstić information content (AvgIpc) is 2.98. The first-order chi connectivity index (χ1) is 11.1. The minimum Gasteiger partial charge on any atom is -0.385 e. The van der Waals surface area contributed by atoms with Gasteiger partial charge >= 0.3 is 0 Å². The van der Waals surface area contributed by atoms with Gasteiger partial charge in [-0.25, -0.2) is 8.78 Å². The minimum absolute atomic E-state index is 0. The standard InChI is InChI=1S/C16H24F2N4O.HI/c1-19-16(20-7-3-9-23-2)21-13-6-8-22(11-13)15-5-4-12(17)10-14(15)18;/h4-5,10,13H,3,6-9,11H2,1-2H3,(H2,19,20,21);1H. The fraction of sp³-hybridized carbons (Fsp3) is 0.562. The van der Waals surface area contributed by atoms with Crippen LogP contribution in [0.1, 0.15) is 12.8 Å². The number of aliphatic imine (C=N–C) groups is 1. The van der Waals surface area contributed by atoms with Crippen LogP contribution in [0.25, 0.3) is 0 Å². The first-order valence-electron chi connectivity index (χ1n) is 7.80. The number of nitrogens with zero attached hydrogens (tertiary/aromatic N) is 2. The molecule has 1 aromatic carbocycles. The molecule has 2 rings (SSSR count). The summed E-state index contributed by atoms with van der Waals surface area (Å²) >= 11 is 0. The molecule has 136 valence electrons. The molecular weight excluding hydrogens is 429 g/mol. The molecule has 0 spiro atoms. The van der Waals surface area contributed by atoms with Crippen LogP contribution < -0.4 is 15.5 Å². The summed E-state index contributed by atoms with van der Waals surface area (Å²) in [6.45, 7) is 2.85. The van der Waals surface area contributed by atoms with Gasteiger partial charge in [-0.15, -0.1) is 24.0 Å². The van der Waals surface area contributed by atoms with E-state index in [0.29, 0.717) is 18.8 Å². The van der Waals surface area contributed by atoms with Crippen LogP contribution in [0.2, 0.25) is 0 Å². The summed E-state index contributed by atoms with van der Waals surface area (Å²) in [6, 6.07) is 3.88. The number of halogens is 3. The van der Waals surface area contributed by atoms with E-state index in [-0.39, 0.29) is 30.0 Å². The summed E-state index contributed by atoms with van der Waals surface area (Å²) in [5, 5.41) is 6.55. The zero-order chi connectivity index (χ0) is 16.7. The van der Waals surface area contributed by atoms with Crippen LogP contribution in [0.15, 0.2) is 23.2 Å². The number of methoxy groups -OCH3 is 1. The Labute approximate surface area is 158 Å². The molecule has 1 fully saturated rings. The maximum Gasteiger partial charge on any atom is 0.191 e. The van der Waals surface area contributed by atoms with Crippen LogP contribution in [-0.2, 0) is 4.74 Å². The lowest BCUT2D eigenvalue weighted by atomic mass is 10.2. The number of rotatable bonds is 6. The molecule has 1 unspecified atom stereocenters. The molecule has 1 saturated heterocycles. The lowest BCUT2D eigenvalue weighted by Gasteiger charge is -2.21. The van der Waals surface area contributed by atoms with E-state index in [2.05, 4.69) is 15.6 Å². The van der Waals surface area contributed by atoms with Crippen molar-refractivity contribution in [3.05, 3.63) is 29.8 Å². The highest BCUT2D eigenvalue weighted by Gasteiger charge is 2.25. The van der Waals surface area contributed by atoms with Gasteiger partial charge < -0.3 is 20.3 Å². The molecule has 0 saturated carbocycles. The Hall–Kier alpha value is -1.16. The number of nitrogens with one attached hydrogen (secondary N) is 2. The summed E-state index contributed by atoms with van der Waals surface area (Å²) in [5.74, 6) is -0.346. The van der Waals surface area contributed by atoms with Gasteiger partial charge in [-0.05, 0) is 25.0 Å². The lowest BCUT2D eigenvalue weighted by Crippen LogP contribution is -2.45. The van der Waals surface area contributed by atoms with Gasteiger partial charge in [0.1, 0.15) is 11.6 Å². The maximum absolute atomic E-state index is 13.8. The Morgan fingerprint density at radius 3 is 2.88 bits per heavy atom. The molecule has 1 aliphatic heterocycles. The Balaban J connectivity index is 0.00000288. The number of ether oxygens (including phenoxy) is 1. The van der Waals surface area contributed by atoms with Crippen molar-refractivity contribution in [2.45, 2.75) is 18.9 Å². The highest BCUT2D eigenvalue weighted by molar-refractivity contribution is 14.0. The highest BCUT2D eigenvalue weighted by atomic mass is 127. The van der Waals surface area contributed by atoms with Gasteiger partial charge in [-0.1, -0.05) is 0 Å². The molecule has 8 heteroatoms. The predicted octanol–water partition coefficient (Wildman–Crippen LogP) is 2.36. The van der Waals surface area contributed by atoms with Gasteiger partial charge in [0.05, 0.1) is 5.69 Å². The summed E-state index contributed by atoms with van der Waals surface area (Å²) in [6.07, 6.45) is 1.77. The third-order valence-electron chi connectivity index (χ3n) is 3.82. The van der Waals surface area contributed by atoms with Crippen LogP contribution >= 0.6 is 24.0 Å². The van der Waals surface area contributed by atoms with E-state index < -0.39 is 11.6 Å². The van der Waals surface area contributed by atoms with Gasteiger partial charge in [0.25, 0.3) is 0 Å². The zero-order valence-corrected chi connectivity index (χ0v) is 16.3. The van der Waals surface area contributed by atoms with E-state index >= 15 is 0 Å². The normalized spacial score (nSPS) is 17.6. The van der Waals surface area contributed by atoms with Crippen molar-refractivity contribution in [1.82, 2.24) is 10.6 Å². The average molecular weight is 454 g/mol. The molecule has 1 heterocycles. The first kappa shape index (κ1) is 20.9. The van der Waals surface area contributed by atoms with Crippen LogP contribution in [0.3, 0.4) is 0 Å². The molecular formula is C16H25F2IN4O. The topological polar surface area (TPSA) is 48.9 Å². The summed E-state index contributed by atoms with van der Waals surface area (Å²) in [7, 11) is 3.40. The van der Waals surface area contributed by atoms with Crippen molar-refractivity contribution < 1.29 is 13.5 Å². The van der Waals surface area contributed by atoms with Crippen molar-refractivity contribution in [3.8, 4) is 0 Å². The van der Waals surface area contributed by atoms with Gasteiger partial charge in [-0.2, -0.15) is 0 Å². The Morgan fingerprint density at radius 2 is 2.21 bits per heavy atom. The fourth-order valence-corrected chi connectivity index (χ4v) is 2.65. The third kappa shape index (κ3) is 6.04. The van der Waals surface area contributed by atoms with E-state index in [4.69, 9.17) is 4.74 Å².